The number of amides is 2. The van der Waals surface area contributed by atoms with E-state index in [1.54, 1.807) is 4.90 Å². The normalized spacial score (nSPS) is 17.4. The summed E-state index contributed by atoms with van der Waals surface area (Å²) >= 11 is 1.31. The van der Waals surface area contributed by atoms with Gasteiger partial charge < -0.3 is 10.4 Å². The number of thioether (sulfide) groups is 1. The lowest BCUT2D eigenvalue weighted by molar-refractivity contribution is -0.128. The average molecular weight is 426 g/mol. The van der Waals surface area contributed by atoms with Crippen molar-refractivity contribution < 1.29 is 19.5 Å². The number of amidine groups is 1. The lowest BCUT2D eigenvalue weighted by atomic mass is 10.2. The zero-order valence-corrected chi connectivity index (χ0v) is 17.4. The zero-order chi connectivity index (χ0) is 21.5. The summed E-state index contributed by atoms with van der Waals surface area (Å²) in [5, 5.41) is 11.7. The molecule has 156 valence electrons. The number of nitrogens with zero attached hydrogens (tertiary/aromatic N) is 2. The molecule has 0 spiro atoms. The number of benzene rings is 2. The molecule has 0 radical (unpaired) electrons. The number of rotatable bonds is 8. The number of hydrogen-bond acceptors (Lipinski definition) is 5. The van der Waals surface area contributed by atoms with Gasteiger partial charge in [-0.1, -0.05) is 43.3 Å². The summed E-state index contributed by atoms with van der Waals surface area (Å²) in [5.41, 5.74) is 1.39. The van der Waals surface area contributed by atoms with E-state index in [1.807, 2.05) is 30.3 Å². The number of aliphatic imine (C=N–C) groups is 1. The van der Waals surface area contributed by atoms with E-state index < -0.39 is 11.2 Å². The van der Waals surface area contributed by atoms with Gasteiger partial charge in [-0.2, -0.15) is 0 Å². The minimum absolute atomic E-state index is 0.0145. The van der Waals surface area contributed by atoms with Crippen LogP contribution in [-0.2, 0) is 9.59 Å². The number of para-hydroxylation sites is 1. The minimum Gasteiger partial charge on any atom is -0.478 e. The van der Waals surface area contributed by atoms with Crippen molar-refractivity contribution in [2.45, 2.75) is 31.4 Å². The van der Waals surface area contributed by atoms with Crippen LogP contribution in [0.4, 0.5) is 11.4 Å². The Bertz CT molecular complexity index is 945. The number of carboxylic acid groups (broad SMARTS) is 1. The third kappa shape index (κ3) is 5.48. The van der Waals surface area contributed by atoms with Crippen LogP contribution in [0, 0.1) is 0 Å². The summed E-state index contributed by atoms with van der Waals surface area (Å²) in [6.07, 6.45) is 1.82. The zero-order valence-electron chi connectivity index (χ0n) is 16.6. The standard InChI is InChI=1S/C22H23N3O4S/c1-2-3-13-25-20(27)18(30-22(25)24-16-7-5-4-6-8-16)14-19(26)23-17-11-9-15(10-12-17)21(28)29/h4-12,18H,2-3,13-14H2,1H3,(H,23,26)(H,28,29)/t18-/m1/s1. The smallest absolute Gasteiger partial charge is 0.335 e. The second-order valence-electron chi connectivity index (χ2n) is 6.81. The Morgan fingerprint density at radius 2 is 1.83 bits per heavy atom. The number of anilines is 1. The highest BCUT2D eigenvalue weighted by atomic mass is 32.2. The highest BCUT2D eigenvalue weighted by molar-refractivity contribution is 8.15. The molecule has 0 bridgehead atoms. The molecule has 2 amide bonds. The van der Waals surface area contributed by atoms with Gasteiger partial charge in [0.2, 0.25) is 11.8 Å². The highest BCUT2D eigenvalue weighted by Gasteiger charge is 2.38. The molecule has 7 nitrogen and oxygen atoms in total. The molecule has 30 heavy (non-hydrogen) atoms. The number of hydrogen-bond donors (Lipinski definition) is 2. The molecule has 2 N–H and O–H groups in total. The molecule has 0 aliphatic carbocycles. The number of carbonyl (C=O) groups excluding carboxylic acids is 2. The molecule has 1 fully saturated rings. The first-order chi connectivity index (χ1) is 14.5. The number of unbranched alkanes of at least 4 members (excludes halogenated alkanes) is 1. The average Bonchev–Trinajstić information content (AvgIpc) is 3.01. The first kappa shape index (κ1) is 21.6. The van der Waals surface area contributed by atoms with Crippen LogP contribution >= 0.6 is 11.8 Å². The van der Waals surface area contributed by atoms with Crippen LogP contribution in [0.2, 0.25) is 0 Å². The quantitative estimate of drug-likeness (QED) is 0.662. The van der Waals surface area contributed by atoms with E-state index in [0.29, 0.717) is 17.4 Å². The molecule has 0 aromatic heterocycles. The fourth-order valence-electron chi connectivity index (χ4n) is 2.94. The van der Waals surface area contributed by atoms with Gasteiger partial charge in [-0.25, -0.2) is 9.79 Å². The summed E-state index contributed by atoms with van der Waals surface area (Å²) in [5.74, 6) is -1.45. The third-order valence-corrected chi connectivity index (χ3v) is 5.70. The van der Waals surface area contributed by atoms with E-state index >= 15 is 0 Å². The van der Waals surface area contributed by atoms with E-state index in [-0.39, 0.29) is 23.8 Å². The molecule has 1 saturated heterocycles. The predicted octanol–water partition coefficient (Wildman–Crippen LogP) is 4.15. The van der Waals surface area contributed by atoms with Crippen molar-refractivity contribution in [1.82, 2.24) is 4.90 Å². The third-order valence-electron chi connectivity index (χ3n) is 4.52. The summed E-state index contributed by atoms with van der Waals surface area (Å²) < 4.78 is 0. The predicted molar refractivity (Wildman–Crippen MR) is 118 cm³/mol. The lowest BCUT2D eigenvalue weighted by Crippen LogP contribution is -2.34. The molecule has 3 rings (SSSR count). The van der Waals surface area contributed by atoms with Gasteiger partial charge in [0.25, 0.3) is 0 Å². The second-order valence-corrected chi connectivity index (χ2v) is 7.98. The molecular formula is C22H23N3O4S. The molecule has 1 aliphatic heterocycles. The number of aromatic carboxylic acids is 1. The van der Waals surface area contributed by atoms with Gasteiger partial charge in [0, 0.05) is 18.7 Å². The molecule has 1 heterocycles. The van der Waals surface area contributed by atoms with Crippen LogP contribution in [0.25, 0.3) is 0 Å². The summed E-state index contributed by atoms with van der Waals surface area (Å²) in [6, 6.07) is 15.3. The van der Waals surface area contributed by atoms with Crippen LogP contribution < -0.4 is 5.32 Å². The van der Waals surface area contributed by atoms with Crippen molar-refractivity contribution in [1.29, 1.82) is 0 Å². The minimum atomic E-state index is -1.03. The fourth-order valence-corrected chi connectivity index (χ4v) is 4.12. The maximum absolute atomic E-state index is 12.9. The summed E-state index contributed by atoms with van der Waals surface area (Å²) in [4.78, 5) is 42.6. The Labute approximate surface area is 179 Å². The number of carboxylic acids is 1. The molecule has 1 aliphatic rings. The Morgan fingerprint density at radius 1 is 1.13 bits per heavy atom. The molecule has 2 aromatic rings. The van der Waals surface area contributed by atoms with Crippen molar-refractivity contribution in [3.8, 4) is 0 Å². The van der Waals surface area contributed by atoms with Gasteiger partial charge in [-0.15, -0.1) is 0 Å². The van der Waals surface area contributed by atoms with Gasteiger partial charge in [-0.3, -0.25) is 14.5 Å². The lowest BCUT2D eigenvalue weighted by Gasteiger charge is -2.15. The van der Waals surface area contributed by atoms with Crippen molar-refractivity contribution in [2.24, 2.45) is 4.99 Å². The number of carbonyl (C=O) groups is 3. The Hall–Kier alpha value is -3.13. The fraction of sp³-hybridized carbons (Fsp3) is 0.273. The Kier molecular flexibility index (Phi) is 7.24. The van der Waals surface area contributed by atoms with Crippen LogP contribution in [0.1, 0.15) is 36.5 Å². The van der Waals surface area contributed by atoms with Crippen molar-refractivity contribution in [2.75, 3.05) is 11.9 Å². The van der Waals surface area contributed by atoms with E-state index in [0.717, 1.165) is 18.5 Å². The molecule has 0 unspecified atom stereocenters. The Balaban J connectivity index is 1.69. The topological polar surface area (TPSA) is 99.1 Å². The second kappa shape index (κ2) is 10.1. The first-order valence-corrected chi connectivity index (χ1v) is 10.6. The molecule has 2 aromatic carbocycles. The number of nitrogens with one attached hydrogen (secondary N) is 1. The van der Waals surface area contributed by atoms with E-state index in [9.17, 15) is 14.4 Å². The first-order valence-electron chi connectivity index (χ1n) is 9.73. The van der Waals surface area contributed by atoms with Gasteiger partial charge in [0.15, 0.2) is 5.17 Å². The monoisotopic (exact) mass is 425 g/mol. The van der Waals surface area contributed by atoms with Crippen LogP contribution in [0.5, 0.6) is 0 Å². The van der Waals surface area contributed by atoms with Gasteiger partial charge in [0.1, 0.15) is 5.25 Å². The van der Waals surface area contributed by atoms with E-state index in [1.165, 1.54) is 36.0 Å². The van der Waals surface area contributed by atoms with Gasteiger partial charge >= 0.3 is 5.97 Å². The highest BCUT2D eigenvalue weighted by Crippen LogP contribution is 2.32. The van der Waals surface area contributed by atoms with Crippen molar-refractivity contribution in [3.05, 3.63) is 60.2 Å². The molecule has 8 heteroatoms. The maximum Gasteiger partial charge on any atom is 0.335 e. The van der Waals surface area contributed by atoms with E-state index in [4.69, 9.17) is 5.11 Å². The molecule has 1 atom stereocenters. The van der Waals surface area contributed by atoms with E-state index in [2.05, 4.69) is 17.2 Å². The largest absolute Gasteiger partial charge is 0.478 e. The SMILES string of the molecule is CCCCN1C(=O)[C@@H](CC(=O)Nc2ccc(C(=O)O)cc2)SC1=Nc1ccccc1. The van der Waals surface area contributed by atoms with Crippen molar-refractivity contribution >= 4 is 46.1 Å². The molecule has 0 saturated carbocycles. The van der Waals surface area contributed by atoms with Crippen LogP contribution in [0.3, 0.4) is 0 Å². The Morgan fingerprint density at radius 3 is 2.47 bits per heavy atom. The van der Waals surface area contributed by atoms with Crippen molar-refractivity contribution in [3.63, 3.8) is 0 Å². The van der Waals surface area contributed by atoms with Gasteiger partial charge in [-0.05, 0) is 42.8 Å². The van der Waals surface area contributed by atoms with Crippen LogP contribution in [0.15, 0.2) is 59.6 Å². The van der Waals surface area contributed by atoms with Gasteiger partial charge in [0.05, 0.1) is 11.3 Å². The van der Waals surface area contributed by atoms with Crippen LogP contribution in [-0.4, -0.2) is 44.8 Å². The molecular weight excluding hydrogens is 402 g/mol. The summed E-state index contributed by atoms with van der Waals surface area (Å²) in [6.45, 7) is 2.63. The summed E-state index contributed by atoms with van der Waals surface area (Å²) in [7, 11) is 0. The maximum atomic E-state index is 12.9.